The monoisotopic (exact) mass is 284 g/mol. The number of unbranched alkanes of at least 4 members (excludes halogenated alkanes) is 1. The van der Waals surface area contributed by atoms with Gasteiger partial charge in [-0.3, -0.25) is 5.10 Å². The maximum Gasteiger partial charge on any atom is 0.208 e. The van der Waals surface area contributed by atoms with E-state index < -0.39 is 10.0 Å². The van der Waals surface area contributed by atoms with Crippen LogP contribution in [0.3, 0.4) is 0 Å². The molecule has 0 aromatic carbocycles. The first-order valence-electron chi connectivity index (χ1n) is 5.89. The highest BCUT2D eigenvalue weighted by atomic mass is 32.2. The third-order valence-electron chi connectivity index (χ3n) is 2.50. The quantitative estimate of drug-likeness (QED) is 0.621. The highest BCUT2D eigenvalue weighted by molar-refractivity contribution is 7.88. The minimum absolute atomic E-state index is 0.449. The molecule has 2 rings (SSSR count). The van der Waals surface area contributed by atoms with Crippen LogP contribution in [-0.2, 0) is 10.0 Å². The molecule has 104 valence electrons. The molecule has 0 radical (unpaired) electrons. The predicted molar refractivity (Wildman–Crippen MR) is 72.3 cm³/mol. The third kappa shape index (κ3) is 4.14. The van der Waals surface area contributed by atoms with Crippen LogP contribution < -0.4 is 10.0 Å². The van der Waals surface area contributed by atoms with E-state index in [1.165, 1.54) is 6.33 Å². The summed E-state index contributed by atoms with van der Waals surface area (Å²) in [4.78, 5) is 7.98. The zero-order valence-corrected chi connectivity index (χ0v) is 11.4. The van der Waals surface area contributed by atoms with Crippen molar-refractivity contribution in [1.82, 2.24) is 24.9 Å². The van der Waals surface area contributed by atoms with Crippen molar-refractivity contribution in [3.63, 3.8) is 0 Å². The van der Waals surface area contributed by atoms with E-state index in [2.05, 4.69) is 30.2 Å². The Kier molecular flexibility index (Phi) is 4.27. The summed E-state index contributed by atoms with van der Waals surface area (Å²) < 4.78 is 24.1. The van der Waals surface area contributed by atoms with Gasteiger partial charge in [0, 0.05) is 19.3 Å². The molecule has 0 aliphatic carbocycles. The highest BCUT2D eigenvalue weighted by Gasteiger charge is 2.05. The van der Waals surface area contributed by atoms with E-state index in [0.717, 1.165) is 24.5 Å². The van der Waals surface area contributed by atoms with Crippen LogP contribution in [0, 0.1) is 0 Å². The molecule has 2 heterocycles. The van der Waals surface area contributed by atoms with Crippen molar-refractivity contribution in [2.45, 2.75) is 12.8 Å². The first-order valence-corrected chi connectivity index (χ1v) is 7.78. The number of aromatic nitrogens is 4. The van der Waals surface area contributed by atoms with Crippen LogP contribution in [0.25, 0.3) is 11.0 Å². The molecule has 0 amide bonds. The Morgan fingerprint density at radius 3 is 2.89 bits per heavy atom. The molecule has 0 bridgehead atoms. The van der Waals surface area contributed by atoms with Crippen molar-refractivity contribution in [2.24, 2.45) is 0 Å². The van der Waals surface area contributed by atoms with Gasteiger partial charge in [0.25, 0.3) is 0 Å². The Bertz CT molecular complexity index is 638. The molecular weight excluding hydrogens is 268 g/mol. The van der Waals surface area contributed by atoms with Gasteiger partial charge in [0.15, 0.2) is 11.5 Å². The Balaban J connectivity index is 1.74. The SMILES string of the molecule is CS(=O)(=O)NCCCCNc1n[nH]c2ncncc12. The van der Waals surface area contributed by atoms with E-state index in [-0.39, 0.29) is 0 Å². The first-order chi connectivity index (χ1) is 9.06. The molecule has 0 fully saturated rings. The number of hydrogen-bond donors (Lipinski definition) is 3. The fourth-order valence-electron chi connectivity index (χ4n) is 1.61. The molecule has 0 atom stereocenters. The number of rotatable bonds is 7. The molecule has 0 aliphatic rings. The Hall–Kier alpha value is -1.74. The lowest BCUT2D eigenvalue weighted by Crippen LogP contribution is -2.23. The number of nitrogens with zero attached hydrogens (tertiary/aromatic N) is 3. The molecule has 0 saturated heterocycles. The van der Waals surface area contributed by atoms with Crippen LogP contribution in [0.1, 0.15) is 12.8 Å². The first kappa shape index (κ1) is 13.7. The van der Waals surface area contributed by atoms with E-state index in [9.17, 15) is 8.42 Å². The van der Waals surface area contributed by atoms with Gasteiger partial charge < -0.3 is 5.32 Å². The molecule has 0 unspecified atom stereocenters. The lowest BCUT2D eigenvalue weighted by Gasteiger charge is -2.04. The molecular formula is C10H16N6O2S. The smallest absolute Gasteiger partial charge is 0.208 e. The minimum atomic E-state index is -3.09. The minimum Gasteiger partial charge on any atom is -0.368 e. The molecule has 8 nitrogen and oxygen atoms in total. The summed E-state index contributed by atoms with van der Waals surface area (Å²) in [5.41, 5.74) is 0.691. The highest BCUT2D eigenvalue weighted by Crippen LogP contribution is 2.16. The van der Waals surface area contributed by atoms with Gasteiger partial charge in [-0.15, -0.1) is 0 Å². The fraction of sp³-hybridized carbons (Fsp3) is 0.500. The summed E-state index contributed by atoms with van der Waals surface area (Å²) in [6, 6.07) is 0. The van der Waals surface area contributed by atoms with Crippen LogP contribution in [0.4, 0.5) is 5.82 Å². The maximum absolute atomic E-state index is 10.8. The molecule has 2 aromatic heterocycles. The summed E-state index contributed by atoms with van der Waals surface area (Å²) in [5, 5.41) is 10.9. The zero-order valence-electron chi connectivity index (χ0n) is 10.5. The number of aromatic amines is 1. The lowest BCUT2D eigenvalue weighted by atomic mass is 10.3. The van der Waals surface area contributed by atoms with E-state index >= 15 is 0 Å². The average Bonchev–Trinajstić information content (AvgIpc) is 2.76. The summed E-state index contributed by atoms with van der Waals surface area (Å²) in [6.45, 7) is 1.16. The zero-order chi connectivity index (χ0) is 13.7. The number of sulfonamides is 1. The van der Waals surface area contributed by atoms with Crippen molar-refractivity contribution in [3.05, 3.63) is 12.5 Å². The Morgan fingerprint density at radius 1 is 1.32 bits per heavy atom. The number of nitrogens with one attached hydrogen (secondary N) is 3. The summed E-state index contributed by atoms with van der Waals surface area (Å²) in [7, 11) is -3.09. The standard InChI is InChI=1S/C10H16N6O2S/c1-19(17,18)14-5-3-2-4-12-9-8-6-11-7-13-10(8)16-15-9/h6-7,14H,2-5H2,1H3,(H2,11,12,13,15,16). The predicted octanol–water partition coefficient (Wildman–Crippen LogP) is 0.0942. The number of H-pyrrole nitrogens is 1. The van der Waals surface area contributed by atoms with Crippen molar-refractivity contribution < 1.29 is 8.42 Å². The molecule has 0 spiro atoms. The average molecular weight is 284 g/mol. The van der Waals surface area contributed by atoms with E-state index in [1.54, 1.807) is 6.20 Å². The van der Waals surface area contributed by atoms with Crippen molar-refractivity contribution in [3.8, 4) is 0 Å². The summed E-state index contributed by atoms with van der Waals surface area (Å²) >= 11 is 0. The molecule has 9 heteroatoms. The van der Waals surface area contributed by atoms with Gasteiger partial charge in [-0.05, 0) is 12.8 Å². The van der Waals surface area contributed by atoms with E-state index in [0.29, 0.717) is 24.6 Å². The van der Waals surface area contributed by atoms with Crippen molar-refractivity contribution >= 4 is 26.9 Å². The van der Waals surface area contributed by atoms with Crippen LogP contribution in [-0.4, -0.2) is 47.9 Å². The topological polar surface area (TPSA) is 113 Å². The summed E-state index contributed by atoms with van der Waals surface area (Å²) in [5.74, 6) is 0.715. The molecule has 19 heavy (non-hydrogen) atoms. The van der Waals surface area contributed by atoms with Crippen molar-refractivity contribution in [2.75, 3.05) is 24.7 Å². The molecule has 0 saturated carbocycles. The van der Waals surface area contributed by atoms with Gasteiger partial charge in [0.05, 0.1) is 11.6 Å². The fourth-order valence-corrected chi connectivity index (χ4v) is 2.13. The van der Waals surface area contributed by atoms with Crippen LogP contribution in [0.2, 0.25) is 0 Å². The Labute approximate surface area is 111 Å². The van der Waals surface area contributed by atoms with Gasteiger partial charge in [0.2, 0.25) is 10.0 Å². The van der Waals surface area contributed by atoms with Crippen molar-refractivity contribution in [1.29, 1.82) is 0 Å². The largest absolute Gasteiger partial charge is 0.368 e. The van der Waals surface area contributed by atoms with E-state index in [4.69, 9.17) is 0 Å². The van der Waals surface area contributed by atoms with Crippen LogP contribution in [0.15, 0.2) is 12.5 Å². The van der Waals surface area contributed by atoms with Gasteiger partial charge >= 0.3 is 0 Å². The number of anilines is 1. The van der Waals surface area contributed by atoms with Gasteiger partial charge in [-0.2, -0.15) is 5.10 Å². The lowest BCUT2D eigenvalue weighted by molar-refractivity contribution is 0.584. The van der Waals surface area contributed by atoms with Gasteiger partial charge in [-0.1, -0.05) is 0 Å². The molecule has 2 aromatic rings. The van der Waals surface area contributed by atoms with Crippen LogP contribution >= 0.6 is 0 Å². The molecule has 3 N–H and O–H groups in total. The van der Waals surface area contributed by atoms with Gasteiger partial charge in [-0.25, -0.2) is 23.1 Å². The maximum atomic E-state index is 10.8. The molecule has 0 aliphatic heterocycles. The van der Waals surface area contributed by atoms with Crippen LogP contribution in [0.5, 0.6) is 0 Å². The second kappa shape index (κ2) is 5.93. The number of hydrogen-bond acceptors (Lipinski definition) is 6. The van der Waals surface area contributed by atoms with E-state index in [1.807, 2.05) is 0 Å². The normalized spacial score (nSPS) is 11.8. The summed E-state index contributed by atoms with van der Waals surface area (Å²) in [6.07, 6.45) is 5.91. The second-order valence-electron chi connectivity index (χ2n) is 4.16. The Morgan fingerprint density at radius 2 is 2.11 bits per heavy atom. The third-order valence-corrected chi connectivity index (χ3v) is 3.23. The van der Waals surface area contributed by atoms with Gasteiger partial charge in [0.1, 0.15) is 6.33 Å². The number of fused-ring (bicyclic) bond motifs is 1. The second-order valence-corrected chi connectivity index (χ2v) is 5.99.